The number of halogens is 3. The number of amides is 2. The Morgan fingerprint density at radius 1 is 1.03 bits per heavy atom. The number of nitrogens with zero attached hydrogens (tertiary/aromatic N) is 4. The third-order valence-corrected chi connectivity index (χ3v) is 7.16. The molecule has 9 nitrogen and oxygen atoms in total. The molecule has 3 aliphatic heterocycles. The van der Waals surface area contributed by atoms with Crippen LogP contribution < -0.4 is 21.2 Å². The number of carbonyl (C=O) groups excluding carboxylic acids is 2. The zero-order chi connectivity index (χ0) is 23.3. The van der Waals surface area contributed by atoms with Gasteiger partial charge in [0.2, 0.25) is 11.8 Å². The lowest BCUT2D eigenvalue weighted by molar-refractivity contribution is -0.135. The number of carbonyl (C=O) groups is 2. The molecule has 0 aliphatic carbocycles. The summed E-state index contributed by atoms with van der Waals surface area (Å²) in [4.78, 5) is 40.8. The van der Waals surface area contributed by atoms with Gasteiger partial charge in [-0.3, -0.25) is 28.9 Å². The summed E-state index contributed by atoms with van der Waals surface area (Å²) in [5.74, 6) is -3.51. The lowest BCUT2D eigenvalue weighted by atomic mass is 9.99. The molecule has 4 heterocycles. The molecular formula is C22H29ClF2N6O3. The van der Waals surface area contributed by atoms with Gasteiger partial charge in [-0.05, 0) is 37.6 Å². The molecule has 2 amide bonds. The zero-order valence-corrected chi connectivity index (χ0v) is 19.7. The van der Waals surface area contributed by atoms with Crippen molar-refractivity contribution < 1.29 is 18.4 Å². The smallest absolute Gasteiger partial charge is 0.329 e. The summed E-state index contributed by atoms with van der Waals surface area (Å²) < 4.78 is 31.6. The molecule has 3 saturated heterocycles. The molecule has 34 heavy (non-hydrogen) atoms. The van der Waals surface area contributed by atoms with Gasteiger partial charge in [0.15, 0.2) is 0 Å². The summed E-state index contributed by atoms with van der Waals surface area (Å²) in [5.41, 5.74) is 1.92. The van der Waals surface area contributed by atoms with E-state index in [4.69, 9.17) is 0 Å². The Morgan fingerprint density at radius 2 is 1.76 bits per heavy atom. The molecule has 5 rings (SSSR count). The highest BCUT2D eigenvalue weighted by Gasteiger charge is 2.45. The number of imide groups is 1. The van der Waals surface area contributed by atoms with E-state index in [1.54, 1.807) is 7.05 Å². The number of hydrogen-bond acceptors (Lipinski definition) is 6. The Labute approximate surface area is 201 Å². The number of nitrogens with one attached hydrogen (secondary N) is 2. The summed E-state index contributed by atoms with van der Waals surface area (Å²) in [6.07, 6.45) is 0.918. The van der Waals surface area contributed by atoms with Gasteiger partial charge >= 0.3 is 5.69 Å². The minimum Gasteiger partial charge on any atom is -0.369 e. The van der Waals surface area contributed by atoms with Crippen molar-refractivity contribution in [3.8, 4) is 0 Å². The van der Waals surface area contributed by atoms with Crippen LogP contribution in [0.4, 0.5) is 14.5 Å². The number of hydrogen-bond donors (Lipinski definition) is 2. The van der Waals surface area contributed by atoms with E-state index in [0.29, 0.717) is 50.2 Å². The fourth-order valence-electron chi connectivity index (χ4n) is 5.34. The lowest BCUT2D eigenvalue weighted by Crippen LogP contribution is -2.61. The molecule has 0 radical (unpaired) electrons. The van der Waals surface area contributed by atoms with Crippen LogP contribution in [0.15, 0.2) is 23.0 Å². The van der Waals surface area contributed by atoms with Crippen molar-refractivity contribution in [2.24, 2.45) is 7.05 Å². The average Bonchev–Trinajstić information content (AvgIpc) is 3.04. The lowest BCUT2D eigenvalue weighted by Gasteiger charge is -2.44. The summed E-state index contributed by atoms with van der Waals surface area (Å²) in [7, 11) is 1.66. The van der Waals surface area contributed by atoms with Gasteiger partial charge in [0.05, 0.1) is 23.6 Å². The van der Waals surface area contributed by atoms with Gasteiger partial charge in [-0.25, -0.2) is 13.6 Å². The van der Waals surface area contributed by atoms with Gasteiger partial charge in [0.1, 0.15) is 6.04 Å². The predicted octanol–water partition coefficient (Wildman–Crippen LogP) is 0.859. The number of aryl methyl sites for hydroxylation is 1. The molecule has 3 aliphatic rings. The first kappa shape index (κ1) is 24.6. The molecule has 1 aromatic heterocycles. The quantitative estimate of drug-likeness (QED) is 0.610. The Balaban J connectivity index is 0.00000274. The standard InChI is InChI=1S/C22H28F2N6O3.ClH/c1-27-17-12-14(28-8-10-29(11-9-28)18-6-7-25-13-22(18,23)24)2-3-15(17)30(21(27)33)16-4-5-19(31)26-20(16)32;/h2-3,12,16,18,25H,4-11,13H2,1H3,(H,26,31,32);1H/t16?,18-;/m1./s1. The minimum absolute atomic E-state index is 0. The zero-order valence-electron chi connectivity index (χ0n) is 18.9. The Bertz CT molecular complexity index is 1160. The average molecular weight is 499 g/mol. The Morgan fingerprint density at radius 3 is 2.44 bits per heavy atom. The molecular weight excluding hydrogens is 470 g/mol. The van der Waals surface area contributed by atoms with Crippen molar-refractivity contribution in [3.63, 3.8) is 0 Å². The fourth-order valence-corrected chi connectivity index (χ4v) is 5.34. The normalized spacial score (nSPS) is 25.8. The number of imidazole rings is 1. The number of piperazine rings is 1. The van der Waals surface area contributed by atoms with Gasteiger partial charge in [0, 0.05) is 45.3 Å². The Hall–Kier alpha value is -2.50. The molecule has 0 bridgehead atoms. The fraction of sp³-hybridized carbons (Fsp3) is 0.591. The molecule has 2 aromatic rings. The molecule has 186 valence electrons. The van der Waals surface area contributed by atoms with Crippen LogP contribution in [0.2, 0.25) is 0 Å². The van der Waals surface area contributed by atoms with Crippen LogP contribution in [0.1, 0.15) is 25.3 Å². The van der Waals surface area contributed by atoms with Gasteiger partial charge in [-0.15, -0.1) is 12.4 Å². The van der Waals surface area contributed by atoms with Gasteiger partial charge in [-0.2, -0.15) is 0 Å². The molecule has 2 N–H and O–H groups in total. The van der Waals surface area contributed by atoms with Gasteiger partial charge in [0.25, 0.3) is 5.92 Å². The van der Waals surface area contributed by atoms with Crippen LogP contribution in [0, 0.1) is 0 Å². The second-order valence-corrected chi connectivity index (χ2v) is 9.12. The van der Waals surface area contributed by atoms with Crippen LogP contribution in [0.25, 0.3) is 11.0 Å². The van der Waals surface area contributed by atoms with E-state index in [1.807, 2.05) is 23.1 Å². The monoisotopic (exact) mass is 498 g/mol. The van der Waals surface area contributed by atoms with E-state index >= 15 is 0 Å². The number of aromatic nitrogens is 2. The summed E-state index contributed by atoms with van der Waals surface area (Å²) in [5, 5.41) is 5.09. The SMILES string of the molecule is Cl.Cn1c(=O)n(C2CCC(=O)NC2=O)c2ccc(N3CCN([C@@H]4CCNCC4(F)F)CC3)cc21. The molecule has 3 fully saturated rings. The maximum atomic E-state index is 14.3. The van der Waals surface area contributed by atoms with Crippen molar-refractivity contribution in [2.75, 3.05) is 44.2 Å². The van der Waals surface area contributed by atoms with Crippen molar-refractivity contribution >= 4 is 40.9 Å². The second kappa shape index (κ2) is 9.27. The summed E-state index contributed by atoms with van der Waals surface area (Å²) in [6, 6.07) is 4.18. The molecule has 2 atom stereocenters. The number of fused-ring (bicyclic) bond motifs is 1. The number of rotatable bonds is 3. The molecule has 0 spiro atoms. The summed E-state index contributed by atoms with van der Waals surface area (Å²) in [6.45, 7) is 2.67. The third kappa shape index (κ3) is 4.20. The number of anilines is 1. The highest BCUT2D eigenvalue weighted by atomic mass is 35.5. The Kier molecular flexibility index (Phi) is 6.71. The predicted molar refractivity (Wildman–Crippen MR) is 126 cm³/mol. The largest absolute Gasteiger partial charge is 0.369 e. The third-order valence-electron chi connectivity index (χ3n) is 7.16. The van der Waals surface area contributed by atoms with E-state index in [0.717, 1.165) is 5.69 Å². The van der Waals surface area contributed by atoms with Crippen LogP contribution in [-0.2, 0) is 16.6 Å². The molecule has 1 aromatic carbocycles. The van der Waals surface area contributed by atoms with Crippen LogP contribution in [-0.4, -0.2) is 77.1 Å². The van der Waals surface area contributed by atoms with Crippen molar-refractivity contribution in [1.29, 1.82) is 0 Å². The van der Waals surface area contributed by atoms with E-state index < -0.39 is 23.9 Å². The van der Waals surface area contributed by atoms with Crippen molar-refractivity contribution in [2.45, 2.75) is 37.3 Å². The van der Waals surface area contributed by atoms with E-state index in [9.17, 15) is 23.2 Å². The van der Waals surface area contributed by atoms with Crippen LogP contribution >= 0.6 is 12.4 Å². The number of benzene rings is 1. The number of alkyl halides is 2. The maximum absolute atomic E-state index is 14.3. The first-order valence-corrected chi connectivity index (χ1v) is 11.4. The number of piperidine rings is 2. The molecule has 0 saturated carbocycles. The van der Waals surface area contributed by atoms with Crippen molar-refractivity contribution in [3.05, 3.63) is 28.7 Å². The second-order valence-electron chi connectivity index (χ2n) is 9.12. The van der Waals surface area contributed by atoms with E-state index in [-0.39, 0.29) is 43.4 Å². The van der Waals surface area contributed by atoms with Gasteiger partial charge in [-0.1, -0.05) is 0 Å². The molecule has 1 unspecified atom stereocenters. The highest BCUT2D eigenvalue weighted by Crippen LogP contribution is 2.30. The topological polar surface area (TPSA) is 91.6 Å². The van der Waals surface area contributed by atoms with Crippen LogP contribution in [0.3, 0.4) is 0 Å². The van der Waals surface area contributed by atoms with Crippen LogP contribution in [0.5, 0.6) is 0 Å². The highest BCUT2D eigenvalue weighted by molar-refractivity contribution is 6.00. The summed E-state index contributed by atoms with van der Waals surface area (Å²) >= 11 is 0. The van der Waals surface area contributed by atoms with E-state index in [1.165, 1.54) is 9.13 Å². The van der Waals surface area contributed by atoms with E-state index in [2.05, 4.69) is 15.5 Å². The maximum Gasteiger partial charge on any atom is 0.329 e. The van der Waals surface area contributed by atoms with Gasteiger partial charge < -0.3 is 10.2 Å². The van der Waals surface area contributed by atoms with Crippen molar-refractivity contribution in [1.82, 2.24) is 24.7 Å². The first-order valence-electron chi connectivity index (χ1n) is 11.4. The minimum atomic E-state index is -2.73. The molecule has 12 heteroatoms. The first-order chi connectivity index (χ1) is 15.8.